The van der Waals surface area contributed by atoms with Gasteiger partial charge in [0.2, 0.25) is 5.95 Å². The van der Waals surface area contributed by atoms with E-state index in [1.807, 2.05) is 54.0 Å². The number of imidazole rings is 1. The summed E-state index contributed by atoms with van der Waals surface area (Å²) in [6.45, 7) is 3.91. The van der Waals surface area contributed by atoms with Gasteiger partial charge in [0.15, 0.2) is 11.5 Å². The number of nitro groups is 1. The minimum absolute atomic E-state index is 0.145. The van der Waals surface area contributed by atoms with Gasteiger partial charge in [-0.15, -0.1) is 0 Å². The second-order valence-electron chi connectivity index (χ2n) is 7.97. The minimum Gasteiger partial charge on any atom is -0.487 e. The van der Waals surface area contributed by atoms with Crippen LogP contribution in [0.2, 0.25) is 0 Å². The Morgan fingerprint density at radius 2 is 1.85 bits per heavy atom. The highest BCUT2D eigenvalue weighted by Crippen LogP contribution is 2.42. The van der Waals surface area contributed by atoms with Gasteiger partial charge in [-0.25, -0.2) is 4.98 Å². The first kappa shape index (κ1) is 21.4. The average molecular weight is 454 g/mol. The molecule has 1 aliphatic rings. The number of hydrogen-bond acceptors (Lipinski definition) is 6. The zero-order valence-corrected chi connectivity index (χ0v) is 18.7. The molecule has 0 fully saturated rings. The van der Waals surface area contributed by atoms with E-state index in [-0.39, 0.29) is 17.2 Å². The van der Waals surface area contributed by atoms with E-state index in [4.69, 9.17) is 9.72 Å². The first-order valence-corrected chi connectivity index (χ1v) is 10.9. The van der Waals surface area contributed by atoms with E-state index in [0.717, 1.165) is 11.0 Å². The number of carbonyl (C=O) groups is 1. The van der Waals surface area contributed by atoms with Crippen LogP contribution in [-0.4, -0.2) is 26.9 Å². The van der Waals surface area contributed by atoms with Crippen LogP contribution in [-0.2, 0) is 0 Å². The molecule has 0 saturated heterocycles. The highest BCUT2D eigenvalue weighted by atomic mass is 16.6. The Morgan fingerprint density at radius 1 is 1.12 bits per heavy atom. The third kappa shape index (κ3) is 3.49. The highest BCUT2D eigenvalue weighted by Gasteiger charge is 2.35. The Morgan fingerprint density at radius 3 is 2.59 bits per heavy atom. The summed E-state index contributed by atoms with van der Waals surface area (Å²) < 4.78 is 7.41. The number of nitrogens with one attached hydrogen (secondary N) is 1. The predicted octanol–water partition coefficient (Wildman–Crippen LogP) is 5.52. The molecule has 1 N–H and O–H groups in total. The van der Waals surface area contributed by atoms with Gasteiger partial charge < -0.3 is 10.1 Å². The van der Waals surface area contributed by atoms with Gasteiger partial charge in [-0.05, 0) is 37.6 Å². The van der Waals surface area contributed by atoms with Crippen molar-refractivity contribution >= 4 is 28.5 Å². The van der Waals surface area contributed by atoms with Crippen molar-refractivity contribution in [3.05, 3.63) is 105 Å². The second kappa shape index (κ2) is 8.47. The first-order chi connectivity index (χ1) is 16.5. The van der Waals surface area contributed by atoms with E-state index < -0.39 is 11.0 Å². The molecule has 0 radical (unpaired) electrons. The summed E-state index contributed by atoms with van der Waals surface area (Å²) in [4.78, 5) is 29.9. The number of aromatic nitrogens is 2. The number of benzene rings is 3. The largest absolute Gasteiger partial charge is 0.487 e. The number of para-hydroxylation sites is 2. The summed E-state index contributed by atoms with van der Waals surface area (Å²) >= 11 is 0. The predicted molar refractivity (Wildman–Crippen MR) is 129 cm³/mol. The molecule has 170 valence electrons. The van der Waals surface area contributed by atoms with E-state index >= 15 is 0 Å². The van der Waals surface area contributed by atoms with Crippen molar-refractivity contribution < 1.29 is 14.5 Å². The van der Waals surface area contributed by atoms with Gasteiger partial charge in [-0.3, -0.25) is 19.5 Å². The van der Waals surface area contributed by atoms with Crippen LogP contribution in [0.15, 0.2) is 84.1 Å². The molecule has 1 aliphatic heterocycles. The fourth-order valence-corrected chi connectivity index (χ4v) is 4.44. The van der Waals surface area contributed by atoms with Crippen LogP contribution in [0, 0.1) is 10.1 Å². The Balaban J connectivity index is 1.76. The van der Waals surface area contributed by atoms with Gasteiger partial charge in [0, 0.05) is 22.9 Å². The van der Waals surface area contributed by atoms with Crippen LogP contribution in [0.1, 0.15) is 35.8 Å². The van der Waals surface area contributed by atoms with E-state index in [2.05, 4.69) is 5.32 Å². The van der Waals surface area contributed by atoms with E-state index in [1.54, 1.807) is 31.2 Å². The lowest BCUT2D eigenvalue weighted by Crippen LogP contribution is -2.28. The van der Waals surface area contributed by atoms with Crippen molar-refractivity contribution in [2.24, 2.45) is 0 Å². The van der Waals surface area contributed by atoms with Crippen molar-refractivity contribution in [1.82, 2.24) is 9.55 Å². The zero-order chi connectivity index (χ0) is 23.8. The summed E-state index contributed by atoms with van der Waals surface area (Å²) in [6.07, 6.45) is 0. The Bertz CT molecular complexity index is 1460. The van der Waals surface area contributed by atoms with E-state index in [0.29, 0.717) is 35.0 Å². The molecule has 0 bridgehead atoms. The first-order valence-electron chi connectivity index (χ1n) is 10.9. The molecule has 8 heteroatoms. The van der Waals surface area contributed by atoms with Crippen LogP contribution in [0.3, 0.4) is 0 Å². The lowest BCUT2D eigenvalue weighted by molar-refractivity contribution is -0.385. The molecular weight excluding hydrogens is 432 g/mol. The normalized spacial score (nSPS) is 15.1. The monoisotopic (exact) mass is 454 g/mol. The van der Waals surface area contributed by atoms with Crippen molar-refractivity contribution in [2.75, 3.05) is 11.9 Å². The summed E-state index contributed by atoms with van der Waals surface area (Å²) in [5.74, 6) is 0.609. The molecule has 0 spiro atoms. The lowest BCUT2D eigenvalue weighted by atomic mass is 9.89. The fourth-order valence-electron chi connectivity index (χ4n) is 4.44. The Labute approximate surface area is 195 Å². The Hall–Kier alpha value is -4.46. The maximum absolute atomic E-state index is 13.8. The molecular formula is C26H22N4O4. The summed E-state index contributed by atoms with van der Waals surface area (Å²) in [5.41, 5.74) is 3.72. The number of rotatable bonds is 6. The van der Waals surface area contributed by atoms with Crippen molar-refractivity contribution in [3.8, 4) is 5.75 Å². The molecule has 1 atom stereocenters. The summed E-state index contributed by atoms with van der Waals surface area (Å²) in [7, 11) is 0. The number of hydrogen-bond donors (Lipinski definition) is 1. The van der Waals surface area contributed by atoms with Gasteiger partial charge >= 0.3 is 5.69 Å². The Kier molecular flexibility index (Phi) is 5.33. The smallest absolute Gasteiger partial charge is 0.311 e. The number of Topliss-reactive ketones (excluding diaryl/α,β-unsaturated/α-hetero) is 1. The lowest BCUT2D eigenvalue weighted by Gasteiger charge is -2.30. The maximum atomic E-state index is 13.8. The van der Waals surface area contributed by atoms with Gasteiger partial charge in [0.1, 0.15) is 0 Å². The fraction of sp³-hybridized carbons (Fsp3) is 0.154. The quantitative estimate of drug-likeness (QED) is 0.234. The third-order valence-corrected chi connectivity index (χ3v) is 5.91. The van der Waals surface area contributed by atoms with Crippen molar-refractivity contribution in [1.29, 1.82) is 0 Å². The number of nitro benzene ring substituents is 1. The number of anilines is 1. The third-order valence-electron chi connectivity index (χ3n) is 5.91. The van der Waals surface area contributed by atoms with Crippen LogP contribution in [0.5, 0.6) is 5.75 Å². The highest BCUT2D eigenvalue weighted by molar-refractivity contribution is 6.11. The van der Waals surface area contributed by atoms with Gasteiger partial charge in [0.25, 0.3) is 0 Å². The van der Waals surface area contributed by atoms with Crippen LogP contribution >= 0.6 is 0 Å². The second-order valence-corrected chi connectivity index (χ2v) is 7.97. The molecule has 0 aliphatic carbocycles. The molecule has 0 saturated carbocycles. The standard InChI is InChI=1S/C26H22N4O4/c1-3-34-22-14-13-18(15-21(22)30(32)33)24-23(25(31)17-9-5-4-6-10-17)16(2)27-26-28-19-11-7-8-12-20(19)29(24)26/h4-15,24H,3H2,1-2H3,(H,27,28)/t24-/m1/s1. The molecule has 1 aromatic heterocycles. The van der Waals surface area contributed by atoms with Gasteiger partial charge in [-0.2, -0.15) is 0 Å². The van der Waals surface area contributed by atoms with Crippen LogP contribution in [0.4, 0.5) is 11.6 Å². The summed E-state index contributed by atoms with van der Waals surface area (Å²) in [5, 5.41) is 15.1. The molecule has 2 heterocycles. The van der Waals surface area contributed by atoms with E-state index in [1.165, 1.54) is 6.07 Å². The molecule has 5 rings (SSSR count). The molecule has 0 unspecified atom stereocenters. The molecule has 8 nitrogen and oxygen atoms in total. The number of fused-ring (bicyclic) bond motifs is 3. The molecule has 34 heavy (non-hydrogen) atoms. The molecule has 0 amide bonds. The molecule has 3 aromatic carbocycles. The number of allylic oxidation sites excluding steroid dienone is 2. The topological polar surface area (TPSA) is 99.3 Å². The summed E-state index contributed by atoms with van der Waals surface area (Å²) in [6, 6.07) is 20.9. The molecule has 4 aromatic rings. The van der Waals surface area contributed by atoms with Crippen LogP contribution < -0.4 is 10.1 Å². The minimum atomic E-state index is -0.620. The van der Waals surface area contributed by atoms with Gasteiger partial charge in [0.05, 0.1) is 28.6 Å². The number of carbonyl (C=O) groups excluding carboxylic acids is 1. The van der Waals surface area contributed by atoms with Crippen molar-refractivity contribution in [3.63, 3.8) is 0 Å². The van der Waals surface area contributed by atoms with E-state index in [9.17, 15) is 14.9 Å². The average Bonchev–Trinajstić information content (AvgIpc) is 3.21. The number of nitrogens with zero attached hydrogens (tertiary/aromatic N) is 3. The number of ether oxygens (including phenoxy) is 1. The van der Waals surface area contributed by atoms with Crippen molar-refractivity contribution in [2.45, 2.75) is 19.9 Å². The van der Waals surface area contributed by atoms with Gasteiger partial charge in [-0.1, -0.05) is 48.5 Å². The SMILES string of the molecule is CCOc1ccc([C@@H]2C(C(=O)c3ccccc3)=C(C)Nc3nc4ccccc4n32)cc1[N+](=O)[O-]. The maximum Gasteiger partial charge on any atom is 0.311 e. The van der Waals surface area contributed by atoms with Crippen LogP contribution in [0.25, 0.3) is 11.0 Å². The zero-order valence-electron chi connectivity index (χ0n) is 18.7. The number of ketones is 1.